The summed E-state index contributed by atoms with van der Waals surface area (Å²) in [4.78, 5) is 0. The van der Waals surface area contributed by atoms with Crippen molar-refractivity contribution >= 4 is 5.57 Å². The Kier molecular flexibility index (Phi) is 7.05. The molecule has 0 heterocycles. The van der Waals surface area contributed by atoms with Crippen molar-refractivity contribution in [3.05, 3.63) is 52.4 Å². The monoisotopic (exact) mass is 354 g/mol. The second-order valence-corrected chi connectivity index (χ2v) is 5.39. The third-order valence-electron chi connectivity index (χ3n) is 3.75. The van der Waals surface area contributed by atoms with Gasteiger partial charge in [-0.05, 0) is 37.0 Å². The molecule has 0 aliphatic carbocycles. The first-order valence-electron chi connectivity index (χ1n) is 7.24. The van der Waals surface area contributed by atoms with Crippen LogP contribution in [0.15, 0.2) is 18.2 Å². The molecule has 0 saturated heterocycles. The quantitative estimate of drug-likeness (QED) is 0.420. The number of hydrogen-bond donors (Lipinski definition) is 0. The van der Waals surface area contributed by atoms with E-state index in [4.69, 9.17) is 0 Å². The Balaban J connectivity index is 3.58. The summed E-state index contributed by atoms with van der Waals surface area (Å²) in [5.74, 6) is -4.63. The largest absolute Gasteiger partial charge is 0.239 e. The number of rotatable bonds is 6. The number of benzene rings is 1. The third kappa shape index (κ3) is 3.65. The fourth-order valence-electron chi connectivity index (χ4n) is 2.32. The molecule has 0 aliphatic rings. The summed E-state index contributed by atoms with van der Waals surface area (Å²) in [6.07, 6.45) is -5.98. The van der Waals surface area contributed by atoms with Gasteiger partial charge in [-0.25, -0.2) is 30.7 Å². The van der Waals surface area contributed by atoms with Gasteiger partial charge in [0.2, 0.25) is 0 Å². The van der Waals surface area contributed by atoms with E-state index in [1.54, 1.807) is 6.92 Å². The molecule has 1 aromatic carbocycles. The Bertz CT molecular complexity index is 662. The molecule has 1 aromatic rings. The lowest BCUT2D eigenvalue weighted by atomic mass is 9.91. The van der Waals surface area contributed by atoms with E-state index in [9.17, 15) is 30.7 Å². The first kappa shape index (κ1) is 20.3. The highest BCUT2D eigenvalue weighted by Crippen LogP contribution is 2.35. The number of alkyl halides is 2. The van der Waals surface area contributed by atoms with Crippen LogP contribution in [0.25, 0.3) is 5.57 Å². The van der Waals surface area contributed by atoms with Gasteiger partial charge in [0.25, 0.3) is 0 Å². The summed E-state index contributed by atoms with van der Waals surface area (Å²) in [7, 11) is 0. The van der Waals surface area contributed by atoms with Crippen LogP contribution in [0.3, 0.4) is 0 Å². The van der Waals surface area contributed by atoms with E-state index in [1.165, 1.54) is 0 Å². The Morgan fingerprint density at radius 3 is 2.00 bits per heavy atom. The average Bonchev–Trinajstić information content (AvgIpc) is 2.58. The van der Waals surface area contributed by atoms with Crippen molar-refractivity contribution in [2.24, 2.45) is 0 Å². The van der Waals surface area contributed by atoms with Crippen molar-refractivity contribution in [3.8, 4) is 0 Å². The molecule has 2 unspecified atom stereocenters. The van der Waals surface area contributed by atoms with Crippen LogP contribution < -0.4 is 0 Å². The van der Waals surface area contributed by atoms with Crippen molar-refractivity contribution < 1.29 is 30.7 Å². The zero-order chi connectivity index (χ0) is 18.6. The standard InChI is InChI=1S/C17H17F7/c1-4-5-10-9(3)14(21)17(24)12(15(10)22)11(7-19)16(23)13(20)8(2)6-18/h6-7,13,16H,4-5H2,1-3H3. The Morgan fingerprint density at radius 1 is 0.958 bits per heavy atom. The Hall–Kier alpha value is -1.79. The van der Waals surface area contributed by atoms with Gasteiger partial charge >= 0.3 is 0 Å². The second kappa shape index (κ2) is 8.35. The minimum Gasteiger partial charge on any atom is -0.239 e. The van der Waals surface area contributed by atoms with Crippen LogP contribution in [0.2, 0.25) is 0 Å². The zero-order valence-electron chi connectivity index (χ0n) is 13.4. The van der Waals surface area contributed by atoms with Crippen LogP contribution in [-0.2, 0) is 6.42 Å². The van der Waals surface area contributed by atoms with Crippen molar-refractivity contribution in [2.45, 2.75) is 46.0 Å². The molecule has 134 valence electrons. The minimum atomic E-state index is -2.90. The normalized spacial score (nSPS) is 15.6. The van der Waals surface area contributed by atoms with E-state index in [1.807, 2.05) is 0 Å². The molecule has 2 atom stereocenters. The molecule has 0 bridgehead atoms. The van der Waals surface area contributed by atoms with Crippen LogP contribution in [0.1, 0.15) is 37.0 Å². The lowest BCUT2D eigenvalue weighted by Crippen LogP contribution is -2.22. The summed E-state index contributed by atoms with van der Waals surface area (Å²) in [6.45, 7) is 3.67. The summed E-state index contributed by atoms with van der Waals surface area (Å²) < 4.78 is 95.9. The number of halogens is 7. The molecule has 7 heteroatoms. The highest BCUT2D eigenvalue weighted by Gasteiger charge is 2.33. The molecule has 0 amide bonds. The smallest absolute Gasteiger partial charge is 0.169 e. The Labute approximate surface area is 135 Å². The van der Waals surface area contributed by atoms with Crippen LogP contribution in [0.4, 0.5) is 30.7 Å². The maximum absolute atomic E-state index is 14.5. The first-order valence-corrected chi connectivity index (χ1v) is 7.24. The van der Waals surface area contributed by atoms with Crippen molar-refractivity contribution in [3.63, 3.8) is 0 Å². The van der Waals surface area contributed by atoms with Gasteiger partial charge in [0.15, 0.2) is 24.0 Å². The maximum atomic E-state index is 14.5. The van der Waals surface area contributed by atoms with Crippen molar-refractivity contribution in [1.29, 1.82) is 0 Å². The lowest BCUT2D eigenvalue weighted by molar-refractivity contribution is 0.240. The zero-order valence-corrected chi connectivity index (χ0v) is 13.4. The average molecular weight is 354 g/mol. The van der Waals surface area contributed by atoms with Crippen LogP contribution in [-0.4, -0.2) is 12.3 Å². The van der Waals surface area contributed by atoms with Crippen molar-refractivity contribution in [1.82, 2.24) is 0 Å². The fraction of sp³-hybridized carbons (Fsp3) is 0.412. The first-order chi connectivity index (χ1) is 11.2. The second-order valence-electron chi connectivity index (χ2n) is 5.39. The van der Waals surface area contributed by atoms with E-state index < -0.39 is 52.8 Å². The predicted octanol–water partition coefficient (Wildman–Crippen LogP) is 6.22. The van der Waals surface area contributed by atoms with E-state index in [2.05, 4.69) is 0 Å². The molecular weight excluding hydrogens is 337 g/mol. The highest BCUT2D eigenvalue weighted by molar-refractivity contribution is 5.71. The van der Waals surface area contributed by atoms with Gasteiger partial charge in [-0.2, -0.15) is 0 Å². The van der Waals surface area contributed by atoms with Gasteiger partial charge in [0.1, 0.15) is 5.82 Å². The van der Waals surface area contributed by atoms with Gasteiger partial charge in [-0.1, -0.05) is 13.3 Å². The van der Waals surface area contributed by atoms with Gasteiger partial charge in [0, 0.05) is 5.57 Å². The maximum Gasteiger partial charge on any atom is 0.169 e. The molecule has 24 heavy (non-hydrogen) atoms. The van der Waals surface area contributed by atoms with Gasteiger partial charge in [0.05, 0.1) is 18.2 Å². The van der Waals surface area contributed by atoms with Gasteiger partial charge < -0.3 is 0 Å². The molecule has 0 spiro atoms. The van der Waals surface area contributed by atoms with Gasteiger partial charge in [-0.3, -0.25) is 0 Å². The van der Waals surface area contributed by atoms with Gasteiger partial charge in [-0.15, -0.1) is 0 Å². The molecule has 0 radical (unpaired) electrons. The molecule has 0 nitrogen and oxygen atoms in total. The highest BCUT2D eigenvalue weighted by atomic mass is 19.2. The van der Waals surface area contributed by atoms with Crippen LogP contribution in [0.5, 0.6) is 0 Å². The van der Waals surface area contributed by atoms with E-state index in [0.29, 0.717) is 6.42 Å². The Morgan fingerprint density at radius 2 is 1.54 bits per heavy atom. The van der Waals surface area contributed by atoms with Crippen LogP contribution in [0, 0.1) is 24.4 Å². The summed E-state index contributed by atoms with van der Waals surface area (Å²) in [5.41, 5.74) is -3.96. The van der Waals surface area contributed by atoms with E-state index >= 15 is 0 Å². The molecule has 1 rings (SSSR count). The molecular formula is C17H17F7. The summed E-state index contributed by atoms with van der Waals surface area (Å²) >= 11 is 0. The molecule has 0 aromatic heterocycles. The number of hydrogen-bond acceptors (Lipinski definition) is 0. The summed E-state index contributed by atoms with van der Waals surface area (Å²) in [6, 6.07) is 0. The minimum absolute atomic E-state index is 0.000842. The fourth-order valence-corrected chi connectivity index (χ4v) is 2.32. The topological polar surface area (TPSA) is 0 Å². The lowest BCUT2D eigenvalue weighted by Gasteiger charge is -2.20. The van der Waals surface area contributed by atoms with E-state index in [-0.39, 0.29) is 23.9 Å². The van der Waals surface area contributed by atoms with Crippen LogP contribution >= 0.6 is 0 Å². The summed E-state index contributed by atoms with van der Waals surface area (Å²) in [5, 5.41) is 0. The van der Waals surface area contributed by atoms with Crippen molar-refractivity contribution in [2.75, 3.05) is 0 Å². The molecule has 0 N–H and O–H groups in total. The SMILES string of the molecule is CCCc1c(C)c(F)c(F)c(C(=CF)C(F)C(F)C(C)=CF)c1F. The molecule has 0 aliphatic heterocycles. The molecule has 0 saturated carbocycles. The number of allylic oxidation sites excluding steroid dienone is 2. The van der Waals surface area contributed by atoms with E-state index in [0.717, 1.165) is 13.8 Å². The predicted molar refractivity (Wildman–Crippen MR) is 78.8 cm³/mol. The third-order valence-corrected chi connectivity index (χ3v) is 3.75. The molecule has 0 fully saturated rings.